The molecule has 1 heterocycles. The van der Waals surface area contributed by atoms with Crippen molar-refractivity contribution < 1.29 is 4.39 Å². The molecule has 0 bridgehead atoms. The summed E-state index contributed by atoms with van der Waals surface area (Å²) in [6.45, 7) is 6.27. The molecule has 0 fully saturated rings. The molecule has 1 aromatic heterocycles. The second-order valence-corrected chi connectivity index (χ2v) is 6.34. The molecule has 0 amide bonds. The third-order valence-corrected chi connectivity index (χ3v) is 4.43. The number of nitrogens with zero attached hydrogens (tertiary/aromatic N) is 3. The maximum atomic E-state index is 13.2. The Hall–Kier alpha value is -2.79. The molecule has 3 aromatic rings. The SMILES string of the molecule is C=CCN=c1scc(-c2ccc(F)cc2)n1N=Cc1ccc(C)cc1. The predicted molar refractivity (Wildman–Crippen MR) is 103 cm³/mol. The highest BCUT2D eigenvalue weighted by molar-refractivity contribution is 7.07. The molecular weight excluding hydrogens is 333 g/mol. The van der Waals surface area contributed by atoms with Crippen LogP contribution in [-0.4, -0.2) is 17.4 Å². The van der Waals surface area contributed by atoms with Gasteiger partial charge in [-0.2, -0.15) is 5.10 Å². The number of aryl methyl sites for hydroxylation is 1. The number of rotatable bonds is 5. The summed E-state index contributed by atoms with van der Waals surface area (Å²) >= 11 is 1.49. The lowest BCUT2D eigenvalue weighted by Gasteiger charge is -2.03. The normalized spacial score (nSPS) is 12.0. The van der Waals surface area contributed by atoms with Crippen LogP contribution in [0.15, 0.2) is 76.7 Å². The minimum absolute atomic E-state index is 0.259. The Kier molecular flexibility index (Phi) is 5.36. The Morgan fingerprint density at radius 2 is 1.84 bits per heavy atom. The number of thiazole rings is 1. The molecular formula is C20H18FN3S. The van der Waals surface area contributed by atoms with Crippen molar-refractivity contribution >= 4 is 17.6 Å². The zero-order valence-electron chi connectivity index (χ0n) is 13.9. The number of hydrogen-bond donors (Lipinski definition) is 0. The van der Waals surface area contributed by atoms with Crippen molar-refractivity contribution in [3.05, 3.63) is 88.3 Å². The van der Waals surface area contributed by atoms with Gasteiger partial charge in [-0.3, -0.25) is 4.99 Å². The van der Waals surface area contributed by atoms with E-state index in [9.17, 15) is 4.39 Å². The molecule has 0 saturated heterocycles. The molecule has 3 nitrogen and oxygen atoms in total. The van der Waals surface area contributed by atoms with E-state index in [1.165, 1.54) is 29.0 Å². The van der Waals surface area contributed by atoms with Crippen LogP contribution in [0, 0.1) is 12.7 Å². The zero-order chi connectivity index (χ0) is 17.6. The van der Waals surface area contributed by atoms with Crippen LogP contribution in [0.3, 0.4) is 0 Å². The molecule has 5 heteroatoms. The summed E-state index contributed by atoms with van der Waals surface area (Å²) in [5.74, 6) is -0.259. The summed E-state index contributed by atoms with van der Waals surface area (Å²) in [5.41, 5.74) is 3.97. The van der Waals surface area contributed by atoms with Crippen molar-refractivity contribution in [2.45, 2.75) is 6.92 Å². The lowest BCUT2D eigenvalue weighted by atomic mass is 10.2. The van der Waals surface area contributed by atoms with E-state index in [-0.39, 0.29) is 5.82 Å². The van der Waals surface area contributed by atoms with E-state index in [2.05, 4.69) is 16.7 Å². The quantitative estimate of drug-likeness (QED) is 0.474. The van der Waals surface area contributed by atoms with E-state index in [1.807, 2.05) is 36.6 Å². The fraction of sp³-hybridized carbons (Fsp3) is 0.100. The molecule has 0 atom stereocenters. The van der Waals surface area contributed by atoms with Crippen LogP contribution >= 0.6 is 11.3 Å². The standard InChI is InChI=1S/C20H18FN3S/c1-3-12-22-20-24(23-13-16-6-4-15(2)5-7-16)19(14-25-20)17-8-10-18(21)11-9-17/h3-11,13-14H,1,12H2,2H3. The Balaban J connectivity index is 2.05. The zero-order valence-corrected chi connectivity index (χ0v) is 14.7. The van der Waals surface area contributed by atoms with Crippen molar-refractivity contribution in [1.29, 1.82) is 0 Å². The lowest BCUT2D eigenvalue weighted by Crippen LogP contribution is -2.12. The van der Waals surface area contributed by atoms with E-state index in [0.29, 0.717) is 6.54 Å². The maximum Gasteiger partial charge on any atom is 0.206 e. The van der Waals surface area contributed by atoms with Gasteiger partial charge in [-0.15, -0.1) is 17.9 Å². The van der Waals surface area contributed by atoms with Gasteiger partial charge in [0.15, 0.2) is 0 Å². The summed E-state index contributed by atoms with van der Waals surface area (Å²) < 4.78 is 15.0. The van der Waals surface area contributed by atoms with Gasteiger partial charge in [-0.05, 0) is 36.8 Å². The van der Waals surface area contributed by atoms with Crippen LogP contribution in [0.4, 0.5) is 4.39 Å². The predicted octanol–water partition coefficient (Wildman–Crippen LogP) is 4.63. The molecule has 0 unspecified atom stereocenters. The summed E-state index contributed by atoms with van der Waals surface area (Å²) in [5, 5.41) is 6.57. The largest absolute Gasteiger partial charge is 0.253 e. The van der Waals surface area contributed by atoms with Crippen LogP contribution in [0.2, 0.25) is 0 Å². The van der Waals surface area contributed by atoms with Gasteiger partial charge in [-0.25, -0.2) is 9.07 Å². The molecule has 0 N–H and O–H groups in total. The average molecular weight is 351 g/mol. The third kappa shape index (κ3) is 4.19. The van der Waals surface area contributed by atoms with Gasteiger partial charge in [0.2, 0.25) is 4.80 Å². The molecule has 0 aliphatic carbocycles. The van der Waals surface area contributed by atoms with Crippen molar-refractivity contribution in [3.63, 3.8) is 0 Å². The van der Waals surface area contributed by atoms with Gasteiger partial charge in [0.05, 0.1) is 18.5 Å². The second-order valence-electron chi connectivity index (χ2n) is 5.51. The molecule has 0 aliphatic rings. The molecule has 0 radical (unpaired) electrons. The maximum absolute atomic E-state index is 13.2. The van der Waals surface area contributed by atoms with Gasteiger partial charge in [-0.1, -0.05) is 35.9 Å². The van der Waals surface area contributed by atoms with Crippen LogP contribution in [-0.2, 0) is 0 Å². The lowest BCUT2D eigenvalue weighted by molar-refractivity contribution is 0.628. The highest BCUT2D eigenvalue weighted by atomic mass is 32.1. The molecule has 126 valence electrons. The van der Waals surface area contributed by atoms with Crippen molar-refractivity contribution in [3.8, 4) is 11.3 Å². The molecule has 0 spiro atoms. The van der Waals surface area contributed by atoms with E-state index in [4.69, 9.17) is 0 Å². The first-order valence-corrected chi connectivity index (χ1v) is 8.74. The van der Waals surface area contributed by atoms with Crippen molar-refractivity contribution in [2.75, 3.05) is 6.54 Å². The van der Waals surface area contributed by atoms with Crippen LogP contribution in [0.1, 0.15) is 11.1 Å². The van der Waals surface area contributed by atoms with Gasteiger partial charge < -0.3 is 0 Å². The highest BCUT2D eigenvalue weighted by Crippen LogP contribution is 2.20. The average Bonchev–Trinajstić information content (AvgIpc) is 3.03. The topological polar surface area (TPSA) is 29.6 Å². The van der Waals surface area contributed by atoms with E-state index >= 15 is 0 Å². The Morgan fingerprint density at radius 3 is 2.52 bits per heavy atom. The first-order chi connectivity index (χ1) is 12.2. The van der Waals surface area contributed by atoms with Gasteiger partial charge in [0.25, 0.3) is 0 Å². The third-order valence-electron chi connectivity index (χ3n) is 3.58. The van der Waals surface area contributed by atoms with E-state index < -0.39 is 0 Å². The van der Waals surface area contributed by atoms with Gasteiger partial charge in [0, 0.05) is 10.9 Å². The van der Waals surface area contributed by atoms with E-state index in [0.717, 1.165) is 21.6 Å². The Bertz CT molecular complexity index is 948. The van der Waals surface area contributed by atoms with Crippen LogP contribution in [0.25, 0.3) is 11.3 Å². The highest BCUT2D eigenvalue weighted by Gasteiger charge is 2.07. The monoisotopic (exact) mass is 351 g/mol. The van der Waals surface area contributed by atoms with Gasteiger partial charge >= 0.3 is 0 Å². The van der Waals surface area contributed by atoms with Crippen molar-refractivity contribution in [1.82, 2.24) is 4.68 Å². The summed E-state index contributed by atoms with van der Waals surface area (Å²) in [7, 11) is 0. The summed E-state index contributed by atoms with van der Waals surface area (Å²) in [6.07, 6.45) is 3.54. The molecule has 0 saturated carbocycles. The first kappa shape index (κ1) is 17.0. The number of hydrogen-bond acceptors (Lipinski definition) is 3. The molecule has 2 aromatic carbocycles. The fourth-order valence-electron chi connectivity index (χ4n) is 2.26. The van der Waals surface area contributed by atoms with Gasteiger partial charge in [0.1, 0.15) is 5.82 Å². The van der Waals surface area contributed by atoms with Crippen molar-refractivity contribution in [2.24, 2.45) is 10.1 Å². The molecule has 0 aliphatic heterocycles. The smallest absolute Gasteiger partial charge is 0.206 e. The van der Waals surface area contributed by atoms with E-state index in [1.54, 1.807) is 29.1 Å². The minimum atomic E-state index is -0.259. The second kappa shape index (κ2) is 7.85. The Morgan fingerprint density at radius 1 is 1.12 bits per heavy atom. The molecule has 25 heavy (non-hydrogen) atoms. The Labute approximate surface area is 150 Å². The molecule has 3 rings (SSSR count). The number of benzene rings is 2. The fourth-order valence-corrected chi connectivity index (χ4v) is 3.11. The first-order valence-electron chi connectivity index (χ1n) is 7.86. The summed E-state index contributed by atoms with van der Waals surface area (Å²) in [4.78, 5) is 5.26. The van der Waals surface area contributed by atoms with Crippen LogP contribution in [0.5, 0.6) is 0 Å². The number of aromatic nitrogens is 1. The number of halogens is 1. The summed E-state index contributed by atoms with van der Waals surface area (Å²) in [6, 6.07) is 14.5. The minimum Gasteiger partial charge on any atom is -0.253 e. The van der Waals surface area contributed by atoms with Crippen LogP contribution < -0.4 is 4.80 Å².